The second kappa shape index (κ2) is 6.74. The van der Waals surface area contributed by atoms with Crippen molar-refractivity contribution in [1.82, 2.24) is 0 Å². The molecule has 0 aromatic carbocycles. The Bertz CT molecular complexity index is 117. The van der Waals surface area contributed by atoms with Crippen molar-refractivity contribution in [1.29, 1.82) is 0 Å². The molecule has 0 heterocycles. The molecule has 0 amide bonds. The molecule has 0 N–H and O–H groups in total. The van der Waals surface area contributed by atoms with Crippen LogP contribution in [-0.2, 0) is 9.53 Å². The van der Waals surface area contributed by atoms with E-state index in [1.54, 1.807) is 0 Å². The summed E-state index contributed by atoms with van der Waals surface area (Å²) in [6, 6.07) is -0.117. The minimum atomic E-state index is -0.534. The maximum absolute atomic E-state index is 10.8. The number of hydrogen-bond acceptors (Lipinski definition) is 2. The number of alkyl halides is 2. The SMILES string of the molecule is CCCCC(Cl)C(=O)OCCl. The normalized spacial score (nSPS) is 12.6. The largest absolute Gasteiger partial charge is 0.448 e. The van der Waals surface area contributed by atoms with Crippen LogP contribution in [0.3, 0.4) is 0 Å². The Morgan fingerprint density at radius 1 is 1.64 bits per heavy atom. The van der Waals surface area contributed by atoms with E-state index in [0.717, 1.165) is 12.8 Å². The molecule has 66 valence electrons. The minimum absolute atomic E-state index is 0.117. The van der Waals surface area contributed by atoms with Gasteiger partial charge in [0.15, 0.2) is 6.07 Å². The van der Waals surface area contributed by atoms with Gasteiger partial charge in [0, 0.05) is 0 Å². The first-order chi connectivity index (χ1) is 5.22. The Morgan fingerprint density at radius 2 is 2.27 bits per heavy atom. The summed E-state index contributed by atoms with van der Waals surface area (Å²) in [5, 5.41) is -0.534. The quantitative estimate of drug-likeness (QED) is 0.502. The van der Waals surface area contributed by atoms with Gasteiger partial charge in [-0.1, -0.05) is 31.4 Å². The first-order valence-corrected chi connectivity index (χ1v) is 4.56. The van der Waals surface area contributed by atoms with Gasteiger partial charge in [-0.2, -0.15) is 0 Å². The van der Waals surface area contributed by atoms with Crippen LogP contribution in [0.2, 0.25) is 0 Å². The topological polar surface area (TPSA) is 26.3 Å². The van der Waals surface area contributed by atoms with Crippen molar-refractivity contribution < 1.29 is 9.53 Å². The predicted molar refractivity (Wildman–Crippen MR) is 46.0 cm³/mol. The second-order valence-corrected chi connectivity index (χ2v) is 2.93. The molecule has 0 aromatic rings. The Labute approximate surface area is 76.8 Å². The first-order valence-electron chi connectivity index (χ1n) is 3.59. The molecule has 0 aliphatic carbocycles. The fraction of sp³-hybridized carbons (Fsp3) is 0.857. The molecule has 2 nitrogen and oxygen atoms in total. The number of hydrogen-bond donors (Lipinski definition) is 0. The Balaban J connectivity index is 3.46. The van der Waals surface area contributed by atoms with Gasteiger partial charge in [0.2, 0.25) is 0 Å². The highest BCUT2D eigenvalue weighted by molar-refractivity contribution is 6.30. The maximum Gasteiger partial charge on any atom is 0.325 e. The van der Waals surface area contributed by atoms with E-state index in [-0.39, 0.29) is 6.07 Å². The number of halogens is 2. The predicted octanol–water partition coefficient (Wildman–Crippen LogP) is 2.52. The van der Waals surface area contributed by atoms with Gasteiger partial charge in [-0.05, 0) is 6.42 Å². The molecule has 0 aromatic heterocycles. The van der Waals surface area contributed by atoms with Gasteiger partial charge in [-0.3, -0.25) is 4.79 Å². The summed E-state index contributed by atoms with van der Waals surface area (Å²) in [6.07, 6.45) is 2.62. The van der Waals surface area contributed by atoms with E-state index in [0.29, 0.717) is 6.42 Å². The molecule has 0 rings (SSSR count). The van der Waals surface area contributed by atoms with Crippen LogP contribution in [0.25, 0.3) is 0 Å². The van der Waals surface area contributed by atoms with E-state index >= 15 is 0 Å². The van der Waals surface area contributed by atoms with Crippen molar-refractivity contribution in [3.05, 3.63) is 0 Å². The van der Waals surface area contributed by atoms with Gasteiger partial charge in [0.05, 0.1) is 0 Å². The summed E-state index contributed by atoms with van der Waals surface area (Å²) in [6.45, 7) is 2.04. The van der Waals surface area contributed by atoms with E-state index in [4.69, 9.17) is 23.2 Å². The molecule has 0 spiro atoms. The van der Waals surface area contributed by atoms with Crippen LogP contribution in [0, 0.1) is 0 Å². The van der Waals surface area contributed by atoms with Gasteiger partial charge in [-0.15, -0.1) is 11.6 Å². The number of ether oxygens (including phenoxy) is 1. The van der Waals surface area contributed by atoms with Crippen molar-refractivity contribution in [2.24, 2.45) is 0 Å². The summed E-state index contributed by atoms with van der Waals surface area (Å²) < 4.78 is 4.50. The molecule has 0 aliphatic rings. The minimum Gasteiger partial charge on any atom is -0.448 e. The van der Waals surface area contributed by atoms with Crippen molar-refractivity contribution in [3.63, 3.8) is 0 Å². The lowest BCUT2D eigenvalue weighted by Crippen LogP contribution is -2.17. The first kappa shape index (κ1) is 11.1. The van der Waals surface area contributed by atoms with Gasteiger partial charge < -0.3 is 4.74 Å². The average molecular weight is 199 g/mol. The van der Waals surface area contributed by atoms with Gasteiger partial charge >= 0.3 is 5.97 Å². The Kier molecular flexibility index (Phi) is 6.77. The van der Waals surface area contributed by atoms with E-state index in [1.165, 1.54) is 0 Å². The van der Waals surface area contributed by atoms with Crippen LogP contribution in [0.4, 0.5) is 0 Å². The molecule has 1 unspecified atom stereocenters. The molecule has 1 atom stereocenters. The highest BCUT2D eigenvalue weighted by Gasteiger charge is 2.14. The lowest BCUT2D eigenvalue weighted by Gasteiger charge is -2.05. The van der Waals surface area contributed by atoms with Crippen LogP contribution in [0.15, 0.2) is 0 Å². The van der Waals surface area contributed by atoms with E-state index in [9.17, 15) is 4.79 Å². The zero-order valence-corrected chi connectivity index (χ0v) is 7.99. The monoisotopic (exact) mass is 198 g/mol. The molecule has 11 heavy (non-hydrogen) atoms. The summed E-state index contributed by atoms with van der Waals surface area (Å²) >= 11 is 10.8. The molecular formula is C7H12Cl2O2. The summed E-state index contributed by atoms with van der Waals surface area (Å²) in [7, 11) is 0. The van der Waals surface area contributed by atoms with Crippen LogP contribution in [-0.4, -0.2) is 17.4 Å². The van der Waals surface area contributed by atoms with Crippen LogP contribution in [0.5, 0.6) is 0 Å². The van der Waals surface area contributed by atoms with Crippen molar-refractivity contribution >= 4 is 29.2 Å². The highest BCUT2D eigenvalue weighted by atomic mass is 35.5. The molecule has 0 aliphatic heterocycles. The smallest absolute Gasteiger partial charge is 0.325 e. The molecule has 4 heteroatoms. The van der Waals surface area contributed by atoms with Crippen LogP contribution >= 0.6 is 23.2 Å². The van der Waals surface area contributed by atoms with E-state index in [1.807, 2.05) is 6.92 Å². The number of esters is 1. The Hall–Kier alpha value is 0.0500. The van der Waals surface area contributed by atoms with Crippen molar-refractivity contribution in [3.8, 4) is 0 Å². The molecule has 0 fully saturated rings. The molecular weight excluding hydrogens is 187 g/mol. The third-order valence-corrected chi connectivity index (χ3v) is 1.77. The Morgan fingerprint density at radius 3 is 2.73 bits per heavy atom. The number of carbonyl (C=O) groups excluding carboxylic acids is 1. The summed E-state index contributed by atoms with van der Waals surface area (Å²) in [5.41, 5.74) is 0. The summed E-state index contributed by atoms with van der Waals surface area (Å²) in [5.74, 6) is -0.421. The third-order valence-electron chi connectivity index (χ3n) is 1.26. The van der Waals surface area contributed by atoms with Gasteiger partial charge in [-0.25, -0.2) is 0 Å². The second-order valence-electron chi connectivity index (χ2n) is 2.18. The molecule has 0 saturated carbocycles. The average Bonchev–Trinajstić information content (AvgIpc) is 2.00. The van der Waals surface area contributed by atoms with Gasteiger partial charge in [0.1, 0.15) is 5.38 Å². The van der Waals surface area contributed by atoms with Crippen LogP contribution < -0.4 is 0 Å². The summed E-state index contributed by atoms with van der Waals surface area (Å²) in [4.78, 5) is 10.8. The van der Waals surface area contributed by atoms with Crippen LogP contribution in [0.1, 0.15) is 26.2 Å². The zero-order chi connectivity index (χ0) is 8.69. The highest BCUT2D eigenvalue weighted by Crippen LogP contribution is 2.09. The third kappa shape index (κ3) is 5.33. The fourth-order valence-electron chi connectivity index (χ4n) is 0.645. The fourth-order valence-corrected chi connectivity index (χ4v) is 0.970. The van der Waals surface area contributed by atoms with E-state index < -0.39 is 11.3 Å². The lowest BCUT2D eigenvalue weighted by molar-refractivity contribution is -0.141. The van der Waals surface area contributed by atoms with Crippen molar-refractivity contribution in [2.75, 3.05) is 6.07 Å². The number of carbonyl (C=O) groups is 1. The molecule has 0 bridgehead atoms. The van der Waals surface area contributed by atoms with E-state index in [2.05, 4.69) is 4.74 Å². The standard InChI is InChI=1S/C7H12Cl2O2/c1-2-3-4-6(9)7(10)11-5-8/h6H,2-5H2,1H3. The van der Waals surface area contributed by atoms with Gasteiger partial charge in [0.25, 0.3) is 0 Å². The zero-order valence-electron chi connectivity index (χ0n) is 6.48. The van der Waals surface area contributed by atoms with Crippen molar-refractivity contribution in [2.45, 2.75) is 31.6 Å². The molecule has 0 radical (unpaired) electrons. The lowest BCUT2D eigenvalue weighted by atomic mass is 10.2. The number of rotatable bonds is 5. The number of unbranched alkanes of at least 4 members (excludes halogenated alkanes) is 1. The maximum atomic E-state index is 10.8. The molecule has 0 saturated heterocycles.